The number of aliphatic carboxylic acids is 2. The maximum absolute atomic E-state index is 12.7. The average molecular weight is 953 g/mol. The zero-order chi connectivity index (χ0) is 47.8. The molecule has 0 aromatic carbocycles. The first-order valence-corrected chi connectivity index (χ1v) is 30.5. The van der Waals surface area contributed by atoms with E-state index < -0.39 is 39.1 Å². The minimum Gasteiger partial charge on any atom is -0.550 e. The Bertz CT molecular complexity index is 1140. The summed E-state index contributed by atoms with van der Waals surface area (Å²) in [6.07, 6.45) is 59.0. The van der Waals surface area contributed by atoms with Crippen LogP contribution in [0, 0.1) is 5.92 Å². The van der Waals surface area contributed by atoms with E-state index in [1.807, 2.05) is 0 Å². The maximum Gasteiger partial charge on any atom is 1.00 e. The predicted molar refractivity (Wildman–Crippen MR) is 275 cm³/mol. The van der Waals surface area contributed by atoms with E-state index in [4.69, 9.17) is 0 Å². The first-order valence-electron chi connectivity index (χ1n) is 29.0. The van der Waals surface area contributed by atoms with Crippen molar-refractivity contribution in [1.29, 1.82) is 0 Å². The van der Waals surface area contributed by atoms with Crippen LogP contribution < -0.4 is 47.9 Å². The number of hydrogen-bond donors (Lipinski definition) is 1. The first-order chi connectivity index (χ1) is 31.6. The van der Waals surface area contributed by atoms with Gasteiger partial charge < -0.3 is 19.8 Å². The molecule has 0 amide bonds. The van der Waals surface area contributed by atoms with Gasteiger partial charge >= 0.3 is 37.7 Å². The van der Waals surface area contributed by atoms with Crippen molar-refractivity contribution in [3.63, 3.8) is 0 Å². The molecule has 0 fully saturated rings. The van der Waals surface area contributed by atoms with E-state index in [2.05, 4.69) is 13.8 Å². The van der Waals surface area contributed by atoms with Crippen LogP contribution in [0.1, 0.15) is 341 Å². The number of carbonyl (C=O) groups is 2. The molecule has 0 rings (SSSR count). The summed E-state index contributed by atoms with van der Waals surface area (Å²) < 4.78 is 33.1. The monoisotopic (exact) mass is 953 g/mol. The zero-order valence-corrected chi connectivity index (χ0v) is 46.3. The van der Waals surface area contributed by atoms with Gasteiger partial charge in [0.1, 0.15) is 4.75 Å². The minimum atomic E-state index is -5.13. The first kappa shape index (κ1) is 71.3. The van der Waals surface area contributed by atoms with E-state index in [0.717, 1.165) is 44.9 Å². The molecule has 0 spiro atoms. The summed E-state index contributed by atoms with van der Waals surface area (Å²) in [5, 5.41) is 24.2. The van der Waals surface area contributed by atoms with Crippen LogP contribution in [0.2, 0.25) is 0 Å². The van der Waals surface area contributed by atoms with E-state index in [1.54, 1.807) is 0 Å². The Labute approximate surface area is 441 Å². The summed E-state index contributed by atoms with van der Waals surface area (Å²) in [6, 6.07) is 0. The van der Waals surface area contributed by atoms with Gasteiger partial charge in [-0.2, -0.15) is 8.42 Å². The molecule has 0 aliphatic heterocycles. The van der Waals surface area contributed by atoms with Crippen molar-refractivity contribution < 1.29 is 70.5 Å². The van der Waals surface area contributed by atoms with Gasteiger partial charge in [-0.05, 0) is 25.2 Å². The fourth-order valence-corrected chi connectivity index (χ4v) is 11.6. The summed E-state index contributed by atoms with van der Waals surface area (Å²) in [4.78, 5) is 24.2. The summed E-state index contributed by atoms with van der Waals surface area (Å²) in [6.45, 7) is 4.56. The van der Waals surface area contributed by atoms with Gasteiger partial charge in [-0.1, -0.05) is 322 Å². The van der Waals surface area contributed by atoms with E-state index in [-0.39, 0.29) is 57.0 Å². The van der Waals surface area contributed by atoms with Crippen molar-refractivity contribution in [2.45, 2.75) is 346 Å². The smallest absolute Gasteiger partial charge is 0.550 e. The Morgan fingerprint density at radius 2 is 0.567 bits per heavy atom. The van der Waals surface area contributed by atoms with Crippen LogP contribution in [0.4, 0.5) is 0 Å². The van der Waals surface area contributed by atoms with Gasteiger partial charge in [0.05, 0.1) is 5.97 Å². The maximum atomic E-state index is 12.7. The second-order valence-electron chi connectivity index (χ2n) is 20.7. The number of carboxylic acids is 2. The van der Waals surface area contributed by atoms with Gasteiger partial charge in [0.15, 0.2) is 0 Å². The van der Waals surface area contributed by atoms with Gasteiger partial charge in [0.2, 0.25) is 0 Å². The Hall–Kier alpha value is 0.0448. The minimum absolute atomic E-state index is 0. The van der Waals surface area contributed by atoms with E-state index in [0.29, 0.717) is 12.8 Å². The third kappa shape index (κ3) is 44.5. The van der Waals surface area contributed by atoms with Crippen LogP contribution in [0.15, 0.2) is 0 Å². The fraction of sp³-hybridized carbons (Fsp3) is 0.965. The molecule has 0 saturated heterocycles. The molecule has 0 heterocycles. The molecule has 67 heavy (non-hydrogen) atoms. The molecule has 0 aromatic rings. The van der Waals surface area contributed by atoms with Gasteiger partial charge in [0, 0.05) is 5.97 Å². The van der Waals surface area contributed by atoms with Crippen molar-refractivity contribution in [2.75, 3.05) is 0 Å². The van der Waals surface area contributed by atoms with Gasteiger partial charge in [-0.3, -0.25) is 4.55 Å². The van der Waals surface area contributed by atoms with Crippen molar-refractivity contribution >= 4 is 22.1 Å². The largest absolute Gasteiger partial charge is 1.00 e. The second-order valence-corrected chi connectivity index (χ2v) is 22.4. The summed E-state index contributed by atoms with van der Waals surface area (Å²) in [7, 11) is -5.13. The van der Waals surface area contributed by atoms with Crippen LogP contribution in [0.25, 0.3) is 0 Å². The van der Waals surface area contributed by atoms with E-state index in [1.165, 1.54) is 244 Å². The quantitative estimate of drug-likeness (QED) is 0.0364. The number of rotatable bonds is 55. The molecule has 0 aliphatic rings. The van der Waals surface area contributed by atoms with Crippen molar-refractivity contribution in [1.82, 2.24) is 0 Å². The summed E-state index contributed by atoms with van der Waals surface area (Å²) in [5.74, 6) is -4.70. The molecular formula is C57H110Li2O7S. The molecule has 1 N–H and O–H groups in total. The molecule has 0 saturated carbocycles. The molecule has 10 heteroatoms. The zero-order valence-electron chi connectivity index (χ0n) is 45.4. The number of carboxylic acid groups (broad SMARTS) is 2. The van der Waals surface area contributed by atoms with Crippen molar-refractivity contribution in [3.05, 3.63) is 0 Å². The van der Waals surface area contributed by atoms with E-state index >= 15 is 0 Å². The third-order valence-electron chi connectivity index (χ3n) is 14.7. The van der Waals surface area contributed by atoms with Crippen LogP contribution in [0.3, 0.4) is 0 Å². The van der Waals surface area contributed by atoms with Gasteiger partial charge in [-0.15, -0.1) is 0 Å². The molecule has 0 aliphatic carbocycles. The Kier molecular flexibility index (Phi) is 57.3. The molecule has 388 valence electrons. The Morgan fingerprint density at radius 1 is 0.373 bits per heavy atom. The van der Waals surface area contributed by atoms with Gasteiger partial charge in [-0.25, -0.2) is 0 Å². The average Bonchev–Trinajstić information content (AvgIpc) is 3.27. The normalized spacial score (nSPS) is 12.9. The molecule has 0 aromatic heterocycles. The van der Waals surface area contributed by atoms with Crippen molar-refractivity contribution in [2.24, 2.45) is 5.92 Å². The van der Waals surface area contributed by atoms with Crippen LogP contribution in [0.5, 0.6) is 0 Å². The standard InChI is InChI=1S/C57H112O7S.2Li/c1-3-5-7-9-11-13-15-17-19-21-23-25-27-29-31-33-35-37-39-41-43-45-47-49-51-54(53-55(58)59)57(56(60)61,65(62,63)64)52-50-48-46-44-42-40-38-36-34-32-30-28-26-24-22-20-18-16-14-12-10-8-6-4-2;;/h54H,3-53H2,1-2H3,(H,58,59)(H,60,61)(H,62,63,64);;/q;2*+1/p-2. The number of unbranched alkanes of at least 4 members (excludes halogenated alkanes) is 46. The van der Waals surface area contributed by atoms with Crippen LogP contribution in [-0.2, 0) is 19.7 Å². The molecule has 2 atom stereocenters. The second kappa shape index (κ2) is 53.8. The molecule has 7 nitrogen and oxygen atoms in total. The van der Waals surface area contributed by atoms with Crippen LogP contribution >= 0.6 is 0 Å². The van der Waals surface area contributed by atoms with Gasteiger partial charge in [0.25, 0.3) is 10.1 Å². The third-order valence-corrected chi connectivity index (χ3v) is 16.3. The molecular weight excluding hydrogens is 843 g/mol. The number of carbonyl (C=O) groups excluding carboxylic acids is 2. The topological polar surface area (TPSA) is 135 Å². The molecule has 0 radical (unpaired) electrons. The van der Waals surface area contributed by atoms with Crippen LogP contribution in [-0.4, -0.2) is 29.7 Å². The summed E-state index contributed by atoms with van der Waals surface area (Å²) in [5.41, 5.74) is 0. The SMILES string of the molecule is CCCCCCCCCCCCCCCCCCCCCCCCCCC(CC(=O)[O-])C(CCCCCCCCCCCCCCCCCCCCCCCCCC)(C(=O)[O-])S(=O)(=O)O.[Li+].[Li+]. The summed E-state index contributed by atoms with van der Waals surface area (Å²) >= 11 is 0. The Balaban J connectivity index is -0.0000205. The predicted octanol–water partition coefficient (Wildman–Crippen LogP) is 10.7. The molecule has 0 bridgehead atoms. The fourth-order valence-electron chi connectivity index (χ4n) is 10.3. The number of hydrogen-bond acceptors (Lipinski definition) is 6. The Morgan fingerprint density at radius 3 is 0.746 bits per heavy atom. The molecule has 2 unspecified atom stereocenters. The van der Waals surface area contributed by atoms with Crippen molar-refractivity contribution in [3.8, 4) is 0 Å². The van der Waals surface area contributed by atoms with E-state index in [9.17, 15) is 32.8 Å².